The molecular weight excluding hydrogens is 586 g/mol. The smallest absolute Gasteiger partial charge is 0.249 e. The Labute approximate surface area is 292 Å². The van der Waals surface area contributed by atoms with E-state index in [4.69, 9.17) is 0 Å². The first-order valence-corrected chi connectivity index (χ1v) is 20.8. The van der Waals surface area contributed by atoms with Crippen LogP contribution in [0, 0.1) is 5.92 Å². The van der Waals surface area contributed by atoms with Gasteiger partial charge in [-0.3, -0.25) is 4.79 Å². The second-order valence-electron chi connectivity index (χ2n) is 15.2. The molecule has 282 valence electrons. The predicted octanol–water partition coefficient (Wildman–Crippen LogP) is 10.3. The van der Waals surface area contributed by atoms with Crippen LogP contribution in [0.15, 0.2) is 0 Å². The monoisotopic (exact) mass is 670 g/mol. The number of aliphatic hydroxyl groups is 4. The largest absolute Gasteiger partial charge is 0.394 e. The summed E-state index contributed by atoms with van der Waals surface area (Å²) >= 11 is 0. The summed E-state index contributed by atoms with van der Waals surface area (Å²) in [6.07, 6.45) is 34.2. The summed E-state index contributed by atoms with van der Waals surface area (Å²) in [6, 6.07) is -0.979. The average Bonchev–Trinajstić information content (AvgIpc) is 3.06. The fraction of sp³-hybridized carbons (Fsp3) is 0.976. The minimum atomic E-state index is -1.25. The van der Waals surface area contributed by atoms with Crippen molar-refractivity contribution in [3.8, 4) is 0 Å². The molecule has 5 N–H and O–H groups in total. The zero-order valence-corrected chi connectivity index (χ0v) is 31.7. The van der Waals surface area contributed by atoms with E-state index in [0.29, 0.717) is 12.8 Å². The summed E-state index contributed by atoms with van der Waals surface area (Å²) in [7, 11) is 0. The predicted molar refractivity (Wildman–Crippen MR) is 201 cm³/mol. The van der Waals surface area contributed by atoms with Gasteiger partial charge in [0.15, 0.2) is 0 Å². The van der Waals surface area contributed by atoms with Crippen LogP contribution < -0.4 is 5.32 Å². The van der Waals surface area contributed by atoms with Gasteiger partial charge in [0.1, 0.15) is 12.2 Å². The number of hydrogen-bond acceptors (Lipinski definition) is 5. The number of amides is 1. The van der Waals surface area contributed by atoms with E-state index in [1.165, 1.54) is 148 Å². The van der Waals surface area contributed by atoms with Gasteiger partial charge in [-0.1, -0.05) is 207 Å². The van der Waals surface area contributed by atoms with Crippen molar-refractivity contribution in [1.82, 2.24) is 5.32 Å². The molecule has 47 heavy (non-hydrogen) atoms. The van der Waals surface area contributed by atoms with E-state index >= 15 is 0 Å². The quantitative estimate of drug-likeness (QED) is 0.0423. The Morgan fingerprint density at radius 2 is 0.809 bits per heavy atom. The minimum absolute atomic E-state index is 0.374. The van der Waals surface area contributed by atoms with Gasteiger partial charge >= 0.3 is 0 Å². The van der Waals surface area contributed by atoms with Gasteiger partial charge in [0.2, 0.25) is 5.91 Å². The molecule has 0 aliphatic heterocycles. The van der Waals surface area contributed by atoms with Crippen LogP contribution in [-0.2, 0) is 4.79 Å². The number of rotatable bonds is 37. The molecule has 0 heterocycles. The summed E-state index contributed by atoms with van der Waals surface area (Å²) in [6.45, 7) is 6.36. The molecule has 0 bridgehead atoms. The highest BCUT2D eigenvalue weighted by atomic mass is 16.3. The van der Waals surface area contributed by atoms with E-state index in [0.717, 1.165) is 44.4 Å². The van der Waals surface area contributed by atoms with Gasteiger partial charge in [0, 0.05) is 0 Å². The summed E-state index contributed by atoms with van der Waals surface area (Å²) in [5.74, 6) is 0.222. The SMILES string of the molecule is CCCCCCCCCCCCCCCCCCCCC[C@@H](O)C(=O)N[C@@H](CO)[C@H](O)[C@H](O)CCCCCCCCCCCC(C)C. The van der Waals surface area contributed by atoms with Gasteiger partial charge in [0.25, 0.3) is 0 Å². The molecule has 0 aliphatic carbocycles. The summed E-state index contributed by atoms with van der Waals surface area (Å²) in [5, 5.41) is 43.6. The molecule has 6 nitrogen and oxygen atoms in total. The average molecular weight is 670 g/mol. The molecule has 6 heteroatoms. The third kappa shape index (κ3) is 31.1. The third-order valence-corrected chi connectivity index (χ3v) is 10.00. The van der Waals surface area contributed by atoms with Crippen molar-refractivity contribution in [2.75, 3.05) is 6.61 Å². The number of aliphatic hydroxyl groups excluding tert-OH is 4. The fourth-order valence-electron chi connectivity index (χ4n) is 6.65. The zero-order chi connectivity index (χ0) is 34.8. The van der Waals surface area contributed by atoms with Crippen LogP contribution >= 0.6 is 0 Å². The molecule has 0 saturated heterocycles. The maximum atomic E-state index is 12.5. The number of hydrogen-bond donors (Lipinski definition) is 5. The number of carbonyl (C=O) groups excluding carboxylic acids is 1. The van der Waals surface area contributed by atoms with Gasteiger partial charge in [-0.15, -0.1) is 0 Å². The van der Waals surface area contributed by atoms with Crippen molar-refractivity contribution in [3.63, 3.8) is 0 Å². The molecule has 0 aromatic heterocycles. The summed E-state index contributed by atoms with van der Waals surface area (Å²) < 4.78 is 0. The van der Waals surface area contributed by atoms with Crippen LogP contribution in [0.1, 0.15) is 220 Å². The first-order chi connectivity index (χ1) is 22.8. The van der Waals surface area contributed by atoms with Gasteiger partial charge in [0.05, 0.1) is 18.8 Å². The molecule has 0 spiro atoms. The topological polar surface area (TPSA) is 110 Å². The minimum Gasteiger partial charge on any atom is -0.394 e. The molecule has 0 radical (unpaired) electrons. The lowest BCUT2D eigenvalue weighted by atomic mass is 9.99. The summed E-state index contributed by atoms with van der Waals surface area (Å²) in [4.78, 5) is 12.5. The lowest BCUT2D eigenvalue weighted by Crippen LogP contribution is -2.53. The van der Waals surface area contributed by atoms with Gasteiger partial charge in [-0.05, 0) is 18.8 Å². The van der Waals surface area contributed by atoms with Gasteiger partial charge in [-0.25, -0.2) is 0 Å². The Bertz CT molecular complexity index is 645. The highest BCUT2D eigenvalue weighted by Gasteiger charge is 2.28. The third-order valence-electron chi connectivity index (χ3n) is 10.00. The highest BCUT2D eigenvalue weighted by Crippen LogP contribution is 2.17. The molecule has 0 unspecified atom stereocenters. The van der Waals surface area contributed by atoms with Crippen molar-refractivity contribution >= 4 is 5.91 Å². The summed E-state index contributed by atoms with van der Waals surface area (Å²) in [5.41, 5.74) is 0. The van der Waals surface area contributed by atoms with E-state index < -0.39 is 36.9 Å². The maximum Gasteiger partial charge on any atom is 0.249 e. The Kier molecular flexibility index (Phi) is 34.6. The molecule has 1 amide bonds. The molecule has 0 aliphatic rings. The standard InChI is InChI=1S/C41H83NO5/c1-4-5-6-7-8-9-10-11-12-13-14-15-16-17-18-21-25-28-31-34-39(45)41(47)42-37(35-43)40(46)38(44)33-30-27-24-22-19-20-23-26-29-32-36(2)3/h36-40,43-46H,4-35H2,1-3H3,(H,42,47)/t37-,38+,39+,40-/m0/s1. The van der Waals surface area contributed by atoms with E-state index in [1.807, 2.05) is 0 Å². The van der Waals surface area contributed by atoms with Gasteiger partial charge < -0.3 is 25.7 Å². The molecule has 0 fully saturated rings. The van der Waals surface area contributed by atoms with Crippen LogP contribution in [0.5, 0.6) is 0 Å². The van der Waals surface area contributed by atoms with Crippen LogP contribution in [0.4, 0.5) is 0 Å². The molecule has 0 aromatic rings. The number of carbonyl (C=O) groups is 1. The van der Waals surface area contributed by atoms with Crippen LogP contribution in [0.3, 0.4) is 0 Å². The Balaban J connectivity index is 3.71. The molecular formula is C41H83NO5. The Morgan fingerprint density at radius 1 is 0.489 bits per heavy atom. The van der Waals surface area contributed by atoms with Crippen LogP contribution in [0.2, 0.25) is 0 Å². The lowest BCUT2D eigenvalue weighted by Gasteiger charge is -2.27. The van der Waals surface area contributed by atoms with Crippen LogP contribution in [-0.4, -0.2) is 57.3 Å². The molecule has 0 saturated carbocycles. The zero-order valence-electron chi connectivity index (χ0n) is 31.7. The van der Waals surface area contributed by atoms with Crippen molar-refractivity contribution in [2.45, 2.75) is 244 Å². The Morgan fingerprint density at radius 3 is 1.15 bits per heavy atom. The van der Waals surface area contributed by atoms with Crippen LogP contribution in [0.25, 0.3) is 0 Å². The van der Waals surface area contributed by atoms with Crippen molar-refractivity contribution < 1.29 is 25.2 Å². The van der Waals surface area contributed by atoms with Crippen molar-refractivity contribution in [1.29, 1.82) is 0 Å². The fourth-order valence-corrected chi connectivity index (χ4v) is 6.65. The Hall–Kier alpha value is -0.690. The van der Waals surface area contributed by atoms with Crippen molar-refractivity contribution in [2.24, 2.45) is 5.92 Å². The van der Waals surface area contributed by atoms with Crippen molar-refractivity contribution in [3.05, 3.63) is 0 Å². The molecule has 0 rings (SSSR count). The second-order valence-corrected chi connectivity index (χ2v) is 15.2. The normalized spacial score (nSPS) is 14.4. The van der Waals surface area contributed by atoms with E-state index in [2.05, 4.69) is 26.1 Å². The number of nitrogens with one attached hydrogen (secondary N) is 1. The van der Waals surface area contributed by atoms with E-state index in [1.54, 1.807) is 0 Å². The van der Waals surface area contributed by atoms with E-state index in [9.17, 15) is 25.2 Å². The highest BCUT2D eigenvalue weighted by molar-refractivity contribution is 5.80. The first-order valence-electron chi connectivity index (χ1n) is 20.8. The maximum absolute atomic E-state index is 12.5. The first kappa shape index (κ1) is 46.3. The lowest BCUT2D eigenvalue weighted by molar-refractivity contribution is -0.132. The van der Waals surface area contributed by atoms with Gasteiger partial charge in [-0.2, -0.15) is 0 Å². The second kappa shape index (κ2) is 35.1. The van der Waals surface area contributed by atoms with E-state index in [-0.39, 0.29) is 0 Å². The molecule has 0 aromatic carbocycles. The molecule has 4 atom stereocenters. The number of unbranched alkanes of at least 4 members (excludes halogenated alkanes) is 26.